The van der Waals surface area contributed by atoms with E-state index in [9.17, 15) is 4.79 Å². The van der Waals surface area contributed by atoms with E-state index < -0.39 is 0 Å². The second-order valence-corrected chi connectivity index (χ2v) is 6.85. The fourth-order valence-corrected chi connectivity index (χ4v) is 3.45. The van der Waals surface area contributed by atoms with Gasteiger partial charge in [0.2, 0.25) is 0 Å². The van der Waals surface area contributed by atoms with Crippen LogP contribution in [0, 0.1) is 0 Å². The number of benzene rings is 2. The van der Waals surface area contributed by atoms with Crippen LogP contribution in [0.3, 0.4) is 0 Å². The lowest BCUT2D eigenvalue weighted by Crippen LogP contribution is -2.53. The second-order valence-electron chi connectivity index (χ2n) is 6.85. The van der Waals surface area contributed by atoms with Crippen LogP contribution in [0.2, 0.25) is 0 Å². The number of hydroxylamine groups is 1. The number of esters is 1. The summed E-state index contributed by atoms with van der Waals surface area (Å²) in [6.45, 7) is 4.26. The van der Waals surface area contributed by atoms with Crippen LogP contribution < -0.4 is 5.48 Å². The highest BCUT2D eigenvalue weighted by atomic mass is 35.5. The van der Waals surface area contributed by atoms with Gasteiger partial charge in [-0.2, -0.15) is 5.48 Å². The molecule has 2 aromatic rings. The van der Waals surface area contributed by atoms with Gasteiger partial charge >= 0.3 is 5.97 Å². The van der Waals surface area contributed by atoms with Crippen LogP contribution in [0.5, 0.6) is 0 Å². The third kappa shape index (κ3) is 6.60. The molecule has 0 aliphatic carbocycles. The Hall–Kier alpha value is -1.92. The van der Waals surface area contributed by atoms with E-state index >= 15 is 0 Å². The van der Waals surface area contributed by atoms with E-state index in [4.69, 9.17) is 9.57 Å². The highest BCUT2D eigenvalue weighted by Gasteiger charge is 2.34. The lowest BCUT2D eigenvalue weighted by Gasteiger charge is -2.38. The Morgan fingerprint density at radius 2 is 1.68 bits per heavy atom. The lowest BCUT2D eigenvalue weighted by molar-refractivity contribution is -0.152. The molecule has 0 spiro atoms. The van der Waals surface area contributed by atoms with Crippen molar-refractivity contribution in [2.45, 2.75) is 45.0 Å². The zero-order chi connectivity index (χ0) is 18.9. The molecule has 2 aromatic carbocycles. The van der Waals surface area contributed by atoms with Crippen LogP contribution >= 0.6 is 12.4 Å². The van der Waals surface area contributed by atoms with Gasteiger partial charge in [0, 0.05) is 19.1 Å². The Balaban J connectivity index is 0.00000280. The van der Waals surface area contributed by atoms with Gasteiger partial charge in [0.05, 0.1) is 13.2 Å². The molecular weight excluding hydrogens is 376 g/mol. The maximum Gasteiger partial charge on any atom is 0.323 e. The zero-order valence-corrected chi connectivity index (χ0v) is 17.1. The number of ether oxygens (including phenoxy) is 1. The van der Waals surface area contributed by atoms with Crippen molar-refractivity contribution >= 4 is 18.4 Å². The minimum atomic E-state index is -0.197. The first-order chi connectivity index (χ1) is 13.3. The molecule has 3 rings (SSSR count). The number of piperidine rings is 1. The van der Waals surface area contributed by atoms with Crippen molar-refractivity contribution in [3.63, 3.8) is 0 Å². The van der Waals surface area contributed by atoms with Gasteiger partial charge in [-0.25, -0.2) is 0 Å². The van der Waals surface area contributed by atoms with Crippen molar-refractivity contribution in [2.24, 2.45) is 0 Å². The molecule has 1 heterocycles. The van der Waals surface area contributed by atoms with Crippen molar-refractivity contribution in [1.82, 2.24) is 10.4 Å². The molecule has 0 radical (unpaired) electrons. The minimum Gasteiger partial charge on any atom is -0.465 e. The summed E-state index contributed by atoms with van der Waals surface area (Å²) in [7, 11) is 0. The van der Waals surface area contributed by atoms with E-state index in [1.54, 1.807) is 0 Å². The number of hydrogen-bond acceptors (Lipinski definition) is 5. The van der Waals surface area contributed by atoms with Crippen LogP contribution in [0.25, 0.3) is 0 Å². The quantitative estimate of drug-likeness (QED) is 0.536. The molecule has 0 amide bonds. The maximum absolute atomic E-state index is 12.4. The van der Waals surface area contributed by atoms with Gasteiger partial charge in [0.25, 0.3) is 0 Å². The number of halogens is 1. The zero-order valence-electron chi connectivity index (χ0n) is 16.3. The van der Waals surface area contributed by atoms with Gasteiger partial charge in [-0.1, -0.05) is 60.7 Å². The van der Waals surface area contributed by atoms with Crippen molar-refractivity contribution < 1.29 is 14.4 Å². The monoisotopic (exact) mass is 404 g/mol. The first-order valence-electron chi connectivity index (χ1n) is 9.62. The SMILES string of the molecule is CCOC(=O)[C@@H]1CC[C@@H](NOCc2ccccc2)CN1Cc1ccccc1.Cl. The van der Waals surface area contributed by atoms with Gasteiger partial charge in [-0.05, 0) is 30.9 Å². The number of carbonyl (C=O) groups excluding carboxylic acids is 1. The summed E-state index contributed by atoms with van der Waals surface area (Å²) in [5, 5.41) is 0. The molecule has 0 aromatic heterocycles. The Kier molecular flexibility index (Phi) is 9.44. The second kappa shape index (κ2) is 11.8. The Bertz CT molecular complexity index is 699. The Morgan fingerprint density at radius 3 is 2.32 bits per heavy atom. The Morgan fingerprint density at radius 1 is 1.04 bits per heavy atom. The number of rotatable bonds is 8. The molecule has 1 fully saturated rings. The van der Waals surface area contributed by atoms with Crippen LogP contribution in [0.4, 0.5) is 0 Å². The molecule has 0 saturated carbocycles. The molecule has 1 saturated heterocycles. The van der Waals surface area contributed by atoms with E-state index in [1.165, 1.54) is 5.56 Å². The fraction of sp³-hybridized carbons (Fsp3) is 0.409. The predicted octanol–water partition coefficient (Wildman–Crippen LogP) is 3.73. The van der Waals surface area contributed by atoms with Crippen molar-refractivity contribution in [3.8, 4) is 0 Å². The topological polar surface area (TPSA) is 50.8 Å². The van der Waals surface area contributed by atoms with Gasteiger partial charge in [-0.3, -0.25) is 14.5 Å². The van der Waals surface area contributed by atoms with Crippen molar-refractivity contribution in [2.75, 3.05) is 13.2 Å². The molecular formula is C22H29ClN2O3. The van der Waals surface area contributed by atoms with Crippen molar-refractivity contribution in [3.05, 3.63) is 71.8 Å². The molecule has 1 aliphatic heterocycles. The number of nitrogens with zero attached hydrogens (tertiary/aromatic N) is 1. The number of nitrogens with one attached hydrogen (secondary N) is 1. The van der Waals surface area contributed by atoms with Crippen LogP contribution in [0.1, 0.15) is 30.9 Å². The average Bonchev–Trinajstić information content (AvgIpc) is 2.70. The minimum absolute atomic E-state index is 0. The Labute approximate surface area is 173 Å². The lowest BCUT2D eigenvalue weighted by atomic mass is 9.98. The van der Waals surface area contributed by atoms with E-state index in [-0.39, 0.29) is 30.5 Å². The summed E-state index contributed by atoms with van der Waals surface area (Å²) in [5.74, 6) is -0.128. The maximum atomic E-state index is 12.4. The van der Waals surface area contributed by atoms with Gasteiger partial charge in [0.15, 0.2) is 0 Å². The van der Waals surface area contributed by atoms with Crippen LogP contribution in [0.15, 0.2) is 60.7 Å². The third-order valence-electron chi connectivity index (χ3n) is 4.80. The van der Waals surface area contributed by atoms with Gasteiger partial charge in [0.1, 0.15) is 6.04 Å². The first kappa shape index (κ1) is 22.4. The summed E-state index contributed by atoms with van der Waals surface area (Å²) in [4.78, 5) is 20.3. The summed E-state index contributed by atoms with van der Waals surface area (Å²) in [5.41, 5.74) is 5.51. The predicted molar refractivity (Wildman–Crippen MR) is 112 cm³/mol. The molecule has 28 heavy (non-hydrogen) atoms. The molecule has 0 unspecified atom stereocenters. The average molecular weight is 405 g/mol. The summed E-state index contributed by atoms with van der Waals surface area (Å²) in [6, 6.07) is 20.3. The smallest absolute Gasteiger partial charge is 0.323 e. The van der Waals surface area contributed by atoms with Gasteiger partial charge < -0.3 is 4.74 Å². The van der Waals surface area contributed by atoms with Crippen LogP contribution in [-0.2, 0) is 27.5 Å². The molecule has 2 atom stereocenters. The summed E-state index contributed by atoms with van der Waals surface area (Å²) >= 11 is 0. The standard InChI is InChI=1S/C22H28N2O3.ClH/c1-2-26-22(25)21-14-13-20(23-27-17-19-11-7-4-8-12-19)16-24(21)15-18-9-5-3-6-10-18;/h3-12,20-21,23H,2,13-17H2,1H3;1H/t20-,21+;/m1./s1. The molecule has 5 nitrogen and oxygen atoms in total. The third-order valence-corrected chi connectivity index (χ3v) is 4.80. The summed E-state index contributed by atoms with van der Waals surface area (Å²) < 4.78 is 5.29. The van der Waals surface area contributed by atoms with E-state index in [2.05, 4.69) is 22.5 Å². The van der Waals surface area contributed by atoms with Crippen molar-refractivity contribution in [1.29, 1.82) is 0 Å². The highest BCUT2D eigenvalue weighted by Crippen LogP contribution is 2.21. The highest BCUT2D eigenvalue weighted by molar-refractivity contribution is 5.85. The number of likely N-dealkylation sites (tertiary alicyclic amines) is 1. The summed E-state index contributed by atoms with van der Waals surface area (Å²) in [6.07, 6.45) is 1.64. The molecule has 152 valence electrons. The first-order valence-corrected chi connectivity index (χ1v) is 9.62. The van der Waals surface area contributed by atoms with E-state index in [0.717, 1.165) is 31.5 Å². The van der Waals surface area contributed by atoms with Gasteiger partial charge in [-0.15, -0.1) is 12.4 Å². The largest absolute Gasteiger partial charge is 0.465 e. The molecule has 1 N–H and O–H groups in total. The van der Waals surface area contributed by atoms with E-state index in [1.807, 2.05) is 55.5 Å². The number of hydrogen-bond donors (Lipinski definition) is 1. The normalized spacial score (nSPS) is 19.6. The molecule has 1 aliphatic rings. The molecule has 6 heteroatoms. The number of carbonyl (C=O) groups is 1. The van der Waals surface area contributed by atoms with Crippen LogP contribution in [-0.4, -0.2) is 36.1 Å². The molecule has 0 bridgehead atoms. The van der Waals surface area contributed by atoms with E-state index in [0.29, 0.717) is 13.2 Å². The fourth-order valence-electron chi connectivity index (χ4n) is 3.45.